The lowest BCUT2D eigenvalue weighted by molar-refractivity contribution is -0.134. The Hall–Kier alpha value is -3.98. The highest BCUT2D eigenvalue weighted by Crippen LogP contribution is 2.44. The van der Waals surface area contributed by atoms with Gasteiger partial charge in [0.15, 0.2) is 0 Å². The van der Waals surface area contributed by atoms with Crippen LogP contribution in [0.5, 0.6) is 0 Å². The predicted molar refractivity (Wildman–Crippen MR) is 141 cm³/mol. The second-order valence-corrected chi connectivity index (χ2v) is 9.89. The molecule has 2 aromatic carbocycles. The molecule has 2 saturated heterocycles. The summed E-state index contributed by atoms with van der Waals surface area (Å²) in [5.41, 5.74) is 12.4. The van der Waals surface area contributed by atoms with Gasteiger partial charge in [-0.1, -0.05) is 0 Å². The number of aromatic nitrogens is 3. The normalized spacial score (nSPS) is 16.8. The molecule has 37 heavy (non-hydrogen) atoms. The number of ether oxygens (including phenoxy) is 1. The summed E-state index contributed by atoms with van der Waals surface area (Å²) in [6.45, 7) is 4.23. The van der Waals surface area contributed by atoms with Crippen molar-refractivity contribution in [2.75, 3.05) is 32.0 Å². The molecule has 0 aliphatic carbocycles. The first-order chi connectivity index (χ1) is 17.9. The topological polar surface area (TPSA) is 102 Å². The lowest BCUT2D eigenvalue weighted by atomic mass is 9.90. The Kier molecular flexibility index (Phi) is 5.79. The average Bonchev–Trinajstić information content (AvgIpc) is 3.46. The molecule has 2 aliphatic rings. The zero-order valence-corrected chi connectivity index (χ0v) is 20.7. The lowest BCUT2D eigenvalue weighted by Gasteiger charge is -2.38. The number of nitrogens with one attached hydrogen (secondary N) is 1. The standard InChI is InChI=1S/C28H29FN6O2/c1-17(36)33-15-23(16-33)34-14-20(13-32-34)27-24-11-25(31)19(12-30)10-26(24)35(22-4-2-21(29)3-5-22)28(27)18-6-8-37-9-7-18/h2-5,10-14,18,23,30H,6-9,15-16,31H2,1H3. The third kappa shape index (κ3) is 3.99. The number of amides is 1. The molecule has 0 saturated carbocycles. The molecule has 8 nitrogen and oxygen atoms in total. The number of anilines is 1. The zero-order valence-electron chi connectivity index (χ0n) is 20.7. The van der Waals surface area contributed by atoms with Crippen molar-refractivity contribution in [3.05, 3.63) is 65.9 Å². The molecule has 9 heteroatoms. The van der Waals surface area contributed by atoms with E-state index in [-0.39, 0.29) is 23.7 Å². The molecule has 2 aliphatic heterocycles. The minimum absolute atomic E-state index is 0.0743. The highest BCUT2D eigenvalue weighted by atomic mass is 19.1. The number of benzene rings is 2. The number of likely N-dealkylation sites (tertiary alicyclic amines) is 1. The van der Waals surface area contributed by atoms with Crippen molar-refractivity contribution in [1.82, 2.24) is 19.2 Å². The molecule has 2 aromatic heterocycles. The van der Waals surface area contributed by atoms with Crippen LogP contribution < -0.4 is 5.73 Å². The van der Waals surface area contributed by atoms with E-state index in [1.807, 2.05) is 23.0 Å². The van der Waals surface area contributed by atoms with E-state index in [4.69, 9.17) is 15.9 Å². The molecule has 190 valence electrons. The molecule has 3 N–H and O–H groups in total. The molecule has 0 spiro atoms. The number of hydrogen-bond donors (Lipinski definition) is 2. The summed E-state index contributed by atoms with van der Waals surface area (Å²) in [4.78, 5) is 13.5. The fourth-order valence-electron chi connectivity index (χ4n) is 5.59. The van der Waals surface area contributed by atoms with Crippen LogP contribution in [-0.4, -0.2) is 57.7 Å². The van der Waals surface area contributed by atoms with Crippen LogP contribution in [0.4, 0.5) is 10.1 Å². The molecule has 0 atom stereocenters. The minimum atomic E-state index is -0.293. The number of nitrogens with zero attached hydrogens (tertiary/aromatic N) is 4. The van der Waals surface area contributed by atoms with Crippen LogP contribution in [0.1, 0.15) is 43.0 Å². The molecule has 1 amide bonds. The molecule has 4 heterocycles. The Morgan fingerprint density at radius 1 is 1.19 bits per heavy atom. The summed E-state index contributed by atoms with van der Waals surface area (Å²) in [7, 11) is 0. The highest BCUT2D eigenvalue weighted by Gasteiger charge is 2.32. The third-order valence-corrected chi connectivity index (χ3v) is 7.63. The summed E-state index contributed by atoms with van der Waals surface area (Å²) in [6, 6.07) is 10.5. The van der Waals surface area contributed by atoms with Gasteiger partial charge in [0.1, 0.15) is 5.82 Å². The molecule has 4 aromatic rings. The Bertz CT molecular complexity index is 1490. The largest absolute Gasteiger partial charge is 0.398 e. The summed E-state index contributed by atoms with van der Waals surface area (Å²) in [5.74, 6) is -0.00440. The van der Waals surface area contributed by atoms with Gasteiger partial charge in [0.05, 0.1) is 17.8 Å². The summed E-state index contributed by atoms with van der Waals surface area (Å²) in [6.07, 6.45) is 6.92. The number of hydrogen-bond acceptors (Lipinski definition) is 5. The van der Waals surface area contributed by atoms with Crippen molar-refractivity contribution < 1.29 is 13.9 Å². The fraction of sp³-hybridized carbons (Fsp3) is 0.321. The number of nitrogen functional groups attached to an aromatic ring is 1. The van der Waals surface area contributed by atoms with Gasteiger partial charge in [-0.3, -0.25) is 9.48 Å². The number of halogens is 1. The van der Waals surface area contributed by atoms with Crippen LogP contribution in [0.2, 0.25) is 0 Å². The van der Waals surface area contributed by atoms with Crippen LogP contribution in [-0.2, 0) is 9.53 Å². The van der Waals surface area contributed by atoms with Gasteiger partial charge in [0.2, 0.25) is 5.91 Å². The van der Waals surface area contributed by atoms with Crippen LogP contribution in [0.25, 0.3) is 27.7 Å². The molecular formula is C28H29FN6O2. The SMILES string of the molecule is CC(=O)N1CC(n2cc(-c3c(C4CCOCC4)n(-c4ccc(F)cc4)c4cc(C=N)c(N)cc34)cn2)C1. The molecule has 2 fully saturated rings. The van der Waals surface area contributed by atoms with E-state index in [0.29, 0.717) is 37.6 Å². The first kappa shape index (κ1) is 23.4. The minimum Gasteiger partial charge on any atom is -0.398 e. The van der Waals surface area contributed by atoms with Crippen molar-refractivity contribution in [3.8, 4) is 16.8 Å². The van der Waals surface area contributed by atoms with Crippen molar-refractivity contribution in [2.45, 2.75) is 31.7 Å². The lowest BCUT2D eigenvalue weighted by Crippen LogP contribution is -2.49. The summed E-state index contributed by atoms with van der Waals surface area (Å²) in [5, 5.41) is 13.5. The Morgan fingerprint density at radius 2 is 1.92 bits per heavy atom. The monoisotopic (exact) mass is 500 g/mol. The molecule has 0 radical (unpaired) electrons. The van der Waals surface area contributed by atoms with Gasteiger partial charge in [0, 0.05) is 90.7 Å². The maximum absolute atomic E-state index is 13.9. The number of fused-ring (bicyclic) bond motifs is 1. The number of rotatable bonds is 5. The first-order valence-corrected chi connectivity index (χ1v) is 12.6. The molecule has 0 bridgehead atoms. The Morgan fingerprint density at radius 3 is 2.59 bits per heavy atom. The summed E-state index contributed by atoms with van der Waals surface area (Å²) < 4.78 is 23.7. The highest BCUT2D eigenvalue weighted by molar-refractivity contribution is 6.04. The van der Waals surface area contributed by atoms with E-state index in [9.17, 15) is 9.18 Å². The maximum Gasteiger partial charge on any atom is 0.219 e. The molecular weight excluding hydrogens is 471 g/mol. The number of nitrogens with two attached hydrogens (primary N) is 1. The van der Waals surface area contributed by atoms with Gasteiger partial charge in [-0.2, -0.15) is 5.10 Å². The predicted octanol–water partition coefficient (Wildman–Crippen LogP) is 4.51. The number of carbonyl (C=O) groups excluding carboxylic acids is 1. The Balaban J connectivity index is 1.58. The van der Waals surface area contributed by atoms with Crippen LogP contribution in [0.15, 0.2) is 48.8 Å². The van der Waals surface area contributed by atoms with Gasteiger partial charge < -0.3 is 25.3 Å². The average molecular weight is 501 g/mol. The van der Waals surface area contributed by atoms with E-state index >= 15 is 0 Å². The van der Waals surface area contributed by atoms with Crippen molar-refractivity contribution >= 4 is 28.7 Å². The van der Waals surface area contributed by atoms with Crippen LogP contribution in [0.3, 0.4) is 0 Å². The summed E-state index contributed by atoms with van der Waals surface area (Å²) >= 11 is 0. The smallest absolute Gasteiger partial charge is 0.219 e. The maximum atomic E-state index is 13.9. The van der Waals surface area contributed by atoms with E-state index in [1.165, 1.54) is 18.3 Å². The first-order valence-electron chi connectivity index (χ1n) is 12.6. The second kappa shape index (κ2) is 9.15. The quantitative estimate of drug-likeness (QED) is 0.311. The molecule has 6 rings (SSSR count). The van der Waals surface area contributed by atoms with Crippen LogP contribution >= 0.6 is 0 Å². The van der Waals surface area contributed by atoms with E-state index in [1.54, 1.807) is 24.0 Å². The fourth-order valence-corrected chi connectivity index (χ4v) is 5.59. The van der Waals surface area contributed by atoms with E-state index in [0.717, 1.165) is 46.3 Å². The third-order valence-electron chi connectivity index (χ3n) is 7.63. The van der Waals surface area contributed by atoms with Gasteiger partial charge in [-0.05, 0) is 49.2 Å². The van der Waals surface area contributed by atoms with E-state index in [2.05, 4.69) is 15.9 Å². The van der Waals surface area contributed by atoms with Gasteiger partial charge in [-0.25, -0.2) is 4.39 Å². The molecule has 0 unspecified atom stereocenters. The van der Waals surface area contributed by atoms with Gasteiger partial charge in [0.25, 0.3) is 0 Å². The second-order valence-electron chi connectivity index (χ2n) is 9.89. The number of carbonyl (C=O) groups is 1. The van der Waals surface area contributed by atoms with E-state index < -0.39 is 0 Å². The van der Waals surface area contributed by atoms with Crippen LogP contribution in [0, 0.1) is 11.2 Å². The zero-order chi connectivity index (χ0) is 25.7. The van der Waals surface area contributed by atoms with Crippen molar-refractivity contribution in [1.29, 1.82) is 5.41 Å². The van der Waals surface area contributed by atoms with Crippen molar-refractivity contribution in [3.63, 3.8) is 0 Å². The Labute approximate surface area is 213 Å². The van der Waals surface area contributed by atoms with Gasteiger partial charge in [-0.15, -0.1) is 0 Å². The van der Waals surface area contributed by atoms with Crippen molar-refractivity contribution in [2.24, 2.45) is 0 Å². The van der Waals surface area contributed by atoms with Gasteiger partial charge >= 0.3 is 0 Å².